The second-order valence-corrected chi connectivity index (χ2v) is 6.91. The predicted octanol–water partition coefficient (Wildman–Crippen LogP) is 3.21. The summed E-state index contributed by atoms with van der Waals surface area (Å²) in [5.41, 5.74) is 7.40. The number of ether oxygens (including phenoxy) is 2. The van der Waals surface area contributed by atoms with Crippen molar-refractivity contribution in [2.45, 2.75) is 50.0 Å². The molecule has 1 aromatic carbocycles. The molecule has 1 aliphatic heterocycles. The molecular formula is C19H30IN3O2. The van der Waals surface area contributed by atoms with Crippen LogP contribution in [0.25, 0.3) is 0 Å². The lowest BCUT2D eigenvalue weighted by Gasteiger charge is -2.29. The van der Waals surface area contributed by atoms with Gasteiger partial charge < -0.3 is 20.5 Å². The molecule has 0 spiro atoms. The van der Waals surface area contributed by atoms with Gasteiger partial charge in [0.1, 0.15) is 5.75 Å². The molecule has 0 radical (unpaired) electrons. The van der Waals surface area contributed by atoms with Gasteiger partial charge in [0.15, 0.2) is 5.96 Å². The Kier molecular flexibility index (Phi) is 7.81. The molecule has 6 heteroatoms. The number of halogens is 1. The van der Waals surface area contributed by atoms with Crippen LogP contribution in [0.1, 0.15) is 44.1 Å². The predicted molar refractivity (Wildman–Crippen MR) is 112 cm³/mol. The molecule has 2 aliphatic rings. The van der Waals surface area contributed by atoms with Gasteiger partial charge in [0, 0.05) is 24.1 Å². The zero-order valence-electron chi connectivity index (χ0n) is 15.0. The van der Waals surface area contributed by atoms with Crippen molar-refractivity contribution < 1.29 is 9.47 Å². The van der Waals surface area contributed by atoms with Gasteiger partial charge in [0.05, 0.1) is 19.8 Å². The fraction of sp³-hybridized carbons (Fsp3) is 0.632. The van der Waals surface area contributed by atoms with E-state index < -0.39 is 0 Å². The summed E-state index contributed by atoms with van der Waals surface area (Å²) in [7, 11) is 1.74. The first kappa shape index (κ1) is 20.3. The van der Waals surface area contributed by atoms with E-state index in [0.29, 0.717) is 12.5 Å². The fourth-order valence-electron chi connectivity index (χ4n) is 3.96. The van der Waals surface area contributed by atoms with Crippen LogP contribution in [0.15, 0.2) is 29.3 Å². The van der Waals surface area contributed by atoms with Crippen LogP contribution in [0.5, 0.6) is 5.75 Å². The van der Waals surface area contributed by atoms with E-state index in [-0.39, 0.29) is 35.5 Å². The molecule has 0 aromatic heterocycles. The summed E-state index contributed by atoms with van der Waals surface area (Å²) in [5, 5.41) is 3.22. The highest BCUT2D eigenvalue weighted by molar-refractivity contribution is 14.0. The highest BCUT2D eigenvalue weighted by Crippen LogP contribution is 2.44. The number of rotatable bonds is 6. The molecule has 1 atom stereocenters. The summed E-state index contributed by atoms with van der Waals surface area (Å²) >= 11 is 0. The summed E-state index contributed by atoms with van der Waals surface area (Å²) in [6, 6.07) is 8.32. The fourth-order valence-corrected chi connectivity index (χ4v) is 3.96. The molecule has 3 N–H and O–H groups in total. The normalized spacial score (nSPS) is 22.4. The maximum atomic E-state index is 6.09. The Morgan fingerprint density at radius 3 is 2.76 bits per heavy atom. The van der Waals surface area contributed by atoms with Crippen molar-refractivity contribution in [3.63, 3.8) is 0 Å². The first-order chi connectivity index (χ1) is 11.7. The maximum absolute atomic E-state index is 6.09. The number of methoxy groups -OCH3 is 1. The minimum absolute atomic E-state index is 0. The highest BCUT2D eigenvalue weighted by Gasteiger charge is 2.37. The molecular weight excluding hydrogens is 429 g/mol. The number of nitrogens with two attached hydrogens (primary N) is 1. The van der Waals surface area contributed by atoms with Crippen LogP contribution in [0.2, 0.25) is 0 Å². The first-order valence-corrected chi connectivity index (χ1v) is 9.02. The van der Waals surface area contributed by atoms with Gasteiger partial charge in [-0.15, -0.1) is 24.0 Å². The van der Waals surface area contributed by atoms with Crippen LogP contribution >= 0.6 is 24.0 Å². The van der Waals surface area contributed by atoms with E-state index in [4.69, 9.17) is 15.2 Å². The highest BCUT2D eigenvalue weighted by atomic mass is 127. The quantitative estimate of drug-likeness (QED) is 0.390. The van der Waals surface area contributed by atoms with Crippen LogP contribution in [-0.2, 0) is 10.2 Å². The minimum Gasteiger partial charge on any atom is -0.496 e. The van der Waals surface area contributed by atoms with Crippen LogP contribution in [0.4, 0.5) is 0 Å². The smallest absolute Gasteiger partial charge is 0.188 e. The summed E-state index contributed by atoms with van der Waals surface area (Å²) < 4.78 is 11.2. The Balaban J connectivity index is 0.00000225. The van der Waals surface area contributed by atoms with E-state index in [0.717, 1.165) is 44.6 Å². The number of hydrogen-bond donors (Lipinski definition) is 2. The lowest BCUT2D eigenvalue weighted by atomic mass is 9.78. The Morgan fingerprint density at radius 1 is 1.32 bits per heavy atom. The standard InChI is InChI=1S/C19H29N3O2.HI/c1-23-17-9-3-2-8-16(17)19(10-4-5-11-19)14-22-18(20)21-13-15-7-6-12-24-15;/h2-3,8-9,15H,4-7,10-14H2,1H3,(H3,20,21,22);1H. The van der Waals surface area contributed by atoms with Gasteiger partial charge in [0.2, 0.25) is 0 Å². The number of nitrogens with one attached hydrogen (secondary N) is 1. The van der Waals surface area contributed by atoms with Crippen molar-refractivity contribution in [2.24, 2.45) is 10.7 Å². The lowest BCUT2D eigenvalue weighted by Crippen LogP contribution is -2.38. The third-order valence-corrected chi connectivity index (χ3v) is 5.33. The van der Waals surface area contributed by atoms with E-state index in [2.05, 4.69) is 22.4 Å². The third kappa shape index (κ3) is 5.00. The van der Waals surface area contributed by atoms with Gasteiger partial charge >= 0.3 is 0 Å². The van der Waals surface area contributed by atoms with Crippen LogP contribution in [0, 0.1) is 0 Å². The molecule has 3 rings (SSSR count). The number of hydrogen-bond acceptors (Lipinski definition) is 3. The largest absolute Gasteiger partial charge is 0.496 e. The molecule has 5 nitrogen and oxygen atoms in total. The van der Waals surface area contributed by atoms with Crippen molar-refractivity contribution in [3.8, 4) is 5.75 Å². The molecule has 1 aliphatic carbocycles. The van der Waals surface area contributed by atoms with Crippen LogP contribution in [-0.4, -0.2) is 38.9 Å². The lowest BCUT2D eigenvalue weighted by molar-refractivity contribution is 0.114. The van der Waals surface area contributed by atoms with Crippen molar-refractivity contribution in [3.05, 3.63) is 29.8 Å². The number of nitrogens with zero attached hydrogens (tertiary/aromatic N) is 1. The van der Waals surface area contributed by atoms with Crippen molar-refractivity contribution >= 4 is 29.9 Å². The molecule has 1 saturated carbocycles. The van der Waals surface area contributed by atoms with Gasteiger partial charge in [0.25, 0.3) is 0 Å². The zero-order chi connectivity index (χ0) is 16.8. The molecule has 0 bridgehead atoms. The number of aliphatic imine (C=N–C) groups is 1. The van der Waals surface area contributed by atoms with Gasteiger partial charge in [-0.2, -0.15) is 0 Å². The Morgan fingerprint density at radius 2 is 2.08 bits per heavy atom. The molecule has 1 unspecified atom stereocenters. The third-order valence-electron chi connectivity index (χ3n) is 5.33. The maximum Gasteiger partial charge on any atom is 0.188 e. The average molecular weight is 459 g/mol. The van der Waals surface area contributed by atoms with Crippen molar-refractivity contribution in [2.75, 3.05) is 26.8 Å². The minimum atomic E-state index is 0. The average Bonchev–Trinajstić information content (AvgIpc) is 3.30. The monoisotopic (exact) mass is 459 g/mol. The van der Waals surface area contributed by atoms with E-state index in [1.165, 1.54) is 18.4 Å². The molecule has 1 aromatic rings. The Bertz CT molecular complexity index is 568. The van der Waals surface area contributed by atoms with Gasteiger partial charge in [-0.3, -0.25) is 4.99 Å². The first-order valence-electron chi connectivity index (χ1n) is 9.02. The molecule has 1 saturated heterocycles. The summed E-state index contributed by atoms with van der Waals surface area (Å²) in [6.07, 6.45) is 7.25. The second kappa shape index (κ2) is 9.62. The Hall–Kier alpha value is -1.02. The van der Waals surface area contributed by atoms with E-state index in [9.17, 15) is 0 Å². The number of para-hydroxylation sites is 1. The molecule has 0 amide bonds. The topological polar surface area (TPSA) is 68.9 Å². The SMILES string of the molecule is COc1ccccc1C1(CN=C(N)NCC2CCCO2)CCCC1.I. The molecule has 1 heterocycles. The summed E-state index contributed by atoms with van der Waals surface area (Å²) in [5.74, 6) is 1.48. The molecule has 2 fully saturated rings. The number of benzene rings is 1. The molecule has 140 valence electrons. The zero-order valence-corrected chi connectivity index (χ0v) is 17.3. The van der Waals surface area contributed by atoms with Crippen molar-refractivity contribution in [1.29, 1.82) is 0 Å². The van der Waals surface area contributed by atoms with E-state index in [1.807, 2.05) is 12.1 Å². The second-order valence-electron chi connectivity index (χ2n) is 6.91. The van der Waals surface area contributed by atoms with Gasteiger partial charge in [-0.1, -0.05) is 31.0 Å². The van der Waals surface area contributed by atoms with E-state index in [1.54, 1.807) is 7.11 Å². The van der Waals surface area contributed by atoms with Crippen LogP contribution < -0.4 is 15.8 Å². The molecule has 25 heavy (non-hydrogen) atoms. The Labute approximate surface area is 167 Å². The summed E-state index contributed by atoms with van der Waals surface area (Å²) in [4.78, 5) is 4.66. The summed E-state index contributed by atoms with van der Waals surface area (Å²) in [6.45, 7) is 2.31. The van der Waals surface area contributed by atoms with Gasteiger partial charge in [-0.05, 0) is 31.7 Å². The number of guanidine groups is 1. The van der Waals surface area contributed by atoms with E-state index >= 15 is 0 Å². The van der Waals surface area contributed by atoms with Gasteiger partial charge in [-0.25, -0.2) is 0 Å². The van der Waals surface area contributed by atoms with Crippen LogP contribution in [0.3, 0.4) is 0 Å². The van der Waals surface area contributed by atoms with Crippen molar-refractivity contribution in [1.82, 2.24) is 5.32 Å².